The molecule has 0 saturated carbocycles. The molecular formula is C12H17NO2S. The van der Waals surface area contributed by atoms with E-state index in [4.69, 9.17) is 0 Å². The smallest absolute Gasteiger partial charge is 0.181 e. The number of benzene rings is 1. The maximum Gasteiger partial charge on any atom is 0.181 e. The third-order valence-electron chi connectivity index (χ3n) is 3.20. The largest absolute Gasteiger partial charge is 0.319 e. The van der Waals surface area contributed by atoms with E-state index in [-0.39, 0.29) is 5.25 Å². The van der Waals surface area contributed by atoms with Gasteiger partial charge in [-0.15, -0.1) is 0 Å². The molecule has 1 atom stereocenters. The fraction of sp³-hybridized carbons (Fsp3) is 0.500. The minimum Gasteiger partial charge on any atom is -0.319 e. The first-order valence-corrected chi connectivity index (χ1v) is 7.11. The summed E-state index contributed by atoms with van der Waals surface area (Å²) in [7, 11) is -1.15. The van der Waals surface area contributed by atoms with E-state index in [1.165, 1.54) is 5.56 Å². The number of likely N-dealkylation sites (N-methyl/N-ethyl adjacent to an activating group) is 1. The summed E-state index contributed by atoms with van der Waals surface area (Å²) in [5.74, 6) is 0. The Morgan fingerprint density at radius 1 is 1.44 bits per heavy atom. The Kier molecular flexibility index (Phi) is 3.04. The average Bonchev–Trinajstić information content (AvgIpc) is 2.49. The van der Waals surface area contributed by atoms with Gasteiger partial charge >= 0.3 is 0 Å². The number of nitrogens with one attached hydrogen (secondary N) is 1. The second-order valence-corrected chi connectivity index (χ2v) is 6.64. The van der Waals surface area contributed by atoms with Crippen molar-refractivity contribution in [3.8, 4) is 0 Å². The van der Waals surface area contributed by atoms with E-state index in [1.54, 1.807) is 13.0 Å². The van der Waals surface area contributed by atoms with Gasteiger partial charge in [-0.05, 0) is 50.6 Å². The molecule has 0 radical (unpaired) electrons. The van der Waals surface area contributed by atoms with Gasteiger partial charge in [-0.3, -0.25) is 0 Å². The number of hydrogen-bond donors (Lipinski definition) is 1. The Morgan fingerprint density at radius 2 is 2.19 bits per heavy atom. The van der Waals surface area contributed by atoms with E-state index >= 15 is 0 Å². The molecule has 1 aromatic rings. The van der Waals surface area contributed by atoms with E-state index in [0.717, 1.165) is 18.5 Å². The van der Waals surface area contributed by atoms with E-state index in [0.29, 0.717) is 11.3 Å². The van der Waals surface area contributed by atoms with E-state index in [9.17, 15) is 8.42 Å². The van der Waals surface area contributed by atoms with Gasteiger partial charge in [-0.1, -0.05) is 12.1 Å². The predicted octanol–water partition coefficient (Wildman–Crippen LogP) is 1.17. The van der Waals surface area contributed by atoms with Gasteiger partial charge in [-0.25, -0.2) is 8.42 Å². The number of rotatable bonds is 3. The first-order valence-electron chi connectivity index (χ1n) is 5.56. The summed E-state index contributed by atoms with van der Waals surface area (Å²) in [4.78, 5) is 0.550. The lowest BCUT2D eigenvalue weighted by atomic mass is 10.0. The third-order valence-corrected chi connectivity index (χ3v) is 5.42. The lowest BCUT2D eigenvalue weighted by molar-refractivity contribution is 0.590. The molecule has 4 heteroatoms. The van der Waals surface area contributed by atoms with Crippen LogP contribution in [-0.2, 0) is 22.7 Å². The van der Waals surface area contributed by atoms with Gasteiger partial charge < -0.3 is 5.32 Å². The first kappa shape index (κ1) is 11.6. The number of sulfone groups is 1. The second-order valence-electron chi connectivity index (χ2n) is 4.31. The Bertz CT molecular complexity index is 494. The van der Waals surface area contributed by atoms with Crippen molar-refractivity contribution in [1.29, 1.82) is 0 Å². The van der Waals surface area contributed by atoms with Gasteiger partial charge in [-0.2, -0.15) is 0 Å². The minimum absolute atomic E-state index is 0.266. The Labute approximate surface area is 96.8 Å². The van der Waals surface area contributed by atoms with Crippen molar-refractivity contribution in [2.75, 3.05) is 13.6 Å². The molecule has 0 fully saturated rings. The first-order chi connectivity index (χ1) is 7.57. The van der Waals surface area contributed by atoms with Crippen molar-refractivity contribution >= 4 is 9.84 Å². The average molecular weight is 239 g/mol. The second kappa shape index (κ2) is 4.18. The highest BCUT2D eigenvalue weighted by Crippen LogP contribution is 2.33. The van der Waals surface area contributed by atoms with E-state index in [2.05, 4.69) is 5.32 Å². The molecule has 2 rings (SSSR count). The molecular weight excluding hydrogens is 222 g/mol. The van der Waals surface area contributed by atoms with Gasteiger partial charge in [0.05, 0.1) is 10.1 Å². The predicted molar refractivity (Wildman–Crippen MR) is 64.4 cm³/mol. The maximum atomic E-state index is 12.0. The molecule has 0 amide bonds. The highest BCUT2D eigenvalue weighted by Gasteiger charge is 2.34. The van der Waals surface area contributed by atoms with Crippen molar-refractivity contribution < 1.29 is 8.42 Å². The van der Waals surface area contributed by atoms with Crippen LogP contribution in [0.1, 0.15) is 18.1 Å². The lowest BCUT2D eigenvalue weighted by Crippen LogP contribution is -2.11. The van der Waals surface area contributed by atoms with Crippen LogP contribution in [0.4, 0.5) is 0 Å². The lowest BCUT2D eigenvalue weighted by Gasteiger charge is -2.06. The SMILES string of the molecule is CNCCc1cccc2c1CC(C)S2(=O)=O. The van der Waals surface area contributed by atoms with Crippen LogP contribution < -0.4 is 5.32 Å². The molecule has 0 aliphatic carbocycles. The summed E-state index contributed by atoms with van der Waals surface area (Å²) < 4.78 is 24.0. The van der Waals surface area contributed by atoms with Gasteiger partial charge in [0.15, 0.2) is 9.84 Å². The molecule has 0 aromatic heterocycles. The quantitative estimate of drug-likeness (QED) is 0.861. The molecule has 0 spiro atoms. The molecule has 0 saturated heterocycles. The fourth-order valence-corrected chi connectivity index (χ4v) is 3.86. The molecule has 1 unspecified atom stereocenters. The van der Waals surface area contributed by atoms with E-state index < -0.39 is 9.84 Å². The molecule has 1 aliphatic heterocycles. The van der Waals surface area contributed by atoms with Crippen LogP contribution in [0.3, 0.4) is 0 Å². The van der Waals surface area contributed by atoms with Crippen molar-refractivity contribution in [3.63, 3.8) is 0 Å². The number of hydrogen-bond acceptors (Lipinski definition) is 3. The molecule has 1 aliphatic rings. The Hall–Kier alpha value is -0.870. The molecule has 1 N–H and O–H groups in total. The van der Waals surface area contributed by atoms with Crippen LogP contribution >= 0.6 is 0 Å². The van der Waals surface area contributed by atoms with Crippen molar-refractivity contribution in [3.05, 3.63) is 29.3 Å². The zero-order valence-electron chi connectivity index (χ0n) is 9.66. The molecule has 16 heavy (non-hydrogen) atoms. The molecule has 1 aromatic carbocycles. The highest BCUT2D eigenvalue weighted by atomic mass is 32.2. The topological polar surface area (TPSA) is 46.2 Å². The molecule has 88 valence electrons. The van der Waals surface area contributed by atoms with Crippen LogP contribution in [0.2, 0.25) is 0 Å². The van der Waals surface area contributed by atoms with Crippen LogP contribution in [0.25, 0.3) is 0 Å². The summed E-state index contributed by atoms with van der Waals surface area (Å²) in [5.41, 5.74) is 2.20. The standard InChI is InChI=1S/C12H17NO2S/c1-9-8-11-10(6-7-13-2)4-3-5-12(11)16(9,14)15/h3-5,9,13H,6-8H2,1-2H3. The normalized spacial score (nSPS) is 22.0. The Morgan fingerprint density at radius 3 is 2.88 bits per heavy atom. The van der Waals surface area contributed by atoms with Gasteiger partial charge in [0.2, 0.25) is 0 Å². The fourth-order valence-electron chi connectivity index (χ4n) is 2.22. The van der Waals surface area contributed by atoms with Crippen LogP contribution in [-0.4, -0.2) is 27.3 Å². The summed E-state index contributed by atoms with van der Waals surface area (Å²) in [6, 6.07) is 5.61. The zero-order valence-corrected chi connectivity index (χ0v) is 10.5. The third kappa shape index (κ3) is 1.76. The van der Waals surface area contributed by atoms with Crippen molar-refractivity contribution in [2.45, 2.75) is 29.9 Å². The molecule has 1 heterocycles. The van der Waals surface area contributed by atoms with Gasteiger partial charge in [0.1, 0.15) is 0 Å². The van der Waals surface area contributed by atoms with Crippen LogP contribution in [0, 0.1) is 0 Å². The summed E-state index contributed by atoms with van der Waals surface area (Å²) in [5, 5.41) is 2.82. The molecule has 3 nitrogen and oxygen atoms in total. The van der Waals surface area contributed by atoms with Gasteiger partial charge in [0.25, 0.3) is 0 Å². The zero-order chi connectivity index (χ0) is 11.8. The Balaban J connectivity index is 2.45. The summed E-state index contributed by atoms with van der Waals surface area (Å²) in [6.07, 6.45) is 1.56. The monoisotopic (exact) mass is 239 g/mol. The highest BCUT2D eigenvalue weighted by molar-refractivity contribution is 7.92. The maximum absolute atomic E-state index is 12.0. The van der Waals surface area contributed by atoms with E-state index in [1.807, 2.05) is 19.2 Å². The minimum atomic E-state index is -3.05. The molecule has 0 bridgehead atoms. The van der Waals surface area contributed by atoms with Gasteiger partial charge in [0, 0.05) is 0 Å². The van der Waals surface area contributed by atoms with Crippen LogP contribution in [0.5, 0.6) is 0 Å². The number of fused-ring (bicyclic) bond motifs is 1. The van der Waals surface area contributed by atoms with Crippen molar-refractivity contribution in [2.24, 2.45) is 0 Å². The summed E-state index contributed by atoms with van der Waals surface area (Å²) in [6.45, 7) is 2.67. The van der Waals surface area contributed by atoms with Crippen LogP contribution in [0.15, 0.2) is 23.1 Å². The van der Waals surface area contributed by atoms with Crippen molar-refractivity contribution in [1.82, 2.24) is 5.32 Å². The summed E-state index contributed by atoms with van der Waals surface area (Å²) >= 11 is 0.